The van der Waals surface area contributed by atoms with Crippen molar-refractivity contribution in [3.8, 4) is 0 Å². The second-order valence-electron chi connectivity index (χ2n) is 7.68. The van der Waals surface area contributed by atoms with Crippen LogP contribution in [0.1, 0.15) is 58.3 Å². The van der Waals surface area contributed by atoms with Crippen LogP contribution < -0.4 is 10.6 Å². The molecule has 4 nitrogen and oxygen atoms in total. The van der Waals surface area contributed by atoms with Crippen molar-refractivity contribution in [1.29, 1.82) is 0 Å². The van der Waals surface area contributed by atoms with E-state index in [9.17, 15) is 0 Å². The Balaban J connectivity index is 0.00000192. The minimum atomic E-state index is 0. The molecule has 3 fully saturated rings. The largest absolute Gasteiger partial charge is 0.356 e. The monoisotopic (exact) mass is 434 g/mol. The number of halogens is 1. The van der Waals surface area contributed by atoms with Gasteiger partial charge in [-0.1, -0.05) is 13.3 Å². The Bertz CT molecular complexity index is 382. The van der Waals surface area contributed by atoms with Crippen LogP contribution in [0.4, 0.5) is 0 Å². The number of aliphatic imine (C=N–C) groups is 1. The summed E-state index contributed by atoms with van der Waals surface area (Å²) in [7, 11) is 1.91. The lowest BCUT2D eigenvalue weighted by molar-refractivity contribution is 0.105. The van der Waals surface area contributed by atoms with Gasteiger partial charge in [0.05, 0.1) is 0 Å². The van der Waals surface area contributed by atoms with Crippen molar-refractivity contribution in [1.82, 2.24) is 15.5 Å². The Hall–Kier alpha value is -0.0400. The third-order valence-corrected chi connectivity index (χ3v) is 6.09. The van der Waals surface area contributed by atoms with Gasteiger partial charge in [-0.25, -0.2) is 0 Å². The number of nitrogens with zero attached hydrogens (tertiary/aromatic N) is 2. The first kappa shape index (κ1) is 19.3. The number of nitrogens with one attached hydrogen (secondary N) is 2. The van der Waals surface area contributed by atoms with Crippen molar-refractivity contribution < 1.29 is 0 Å². The average molecular weight is 434 g/mol. The van der Waals surface area contributed by atoms with Crippen molar-refractivity contribution in [2.45, 2.75) is 64.3 Å². The maximum atomic E-state index is 4.46. The smallest absolute Gasteiger partial charge is 0.191 e. The van der Waals surface area contributed by atoms with Crippen molar-refractivity contribution >= 4 is 29.9 Å². The highest BCUT2D eigenvalue weighted by atomic mass is 127. The summed E-state index contributed by atoms with van der Waals surface area (Å²) in [5, 5.41) is 7.30. The zero-order valence-electron chi connectivity index (χ0n) is 14.9. The van der Waals surface area contributed by atoms with Gasteiger partial charge in [-0.3, -0.25) is 4.99 Å². The Morgan fingerprint density at radius 3 is 2.35 bits per heavy atom. The number of likely N-dealkylation sites (tertiary alicyclic amines) is 1. The van der Waals surface area contributed by atoms with Gasteiger partial charge in [0.25, 0.3) is 0 Å². The number of rotatable bonds is 6. The topological polar surface area (TPSA) is 39.7 Å². The Morgan fingerprint density at radius 2 is 1.87 bits per heavy atom. The van der Waals surface area contributed by atoms with Gasteiger partial charge in [-0.15, -0.1) is 24.0 Å². The molecular weight excluding hydrogens is 399 g/mol. The van der Waals surface area contributed by atoms with E-state index in [0.29, 0.717) is 11.5 Å². The van der Waals surface area contributed by atoms with E-state index >= 15 is 0 Å². The van der Waals surface area contributed by atoms with Crippen LogP contribution in [0.2, 0.25) is 0 Å². The Kier molecular flexibility index (Phi) is 7.45. The van der Waals surface area contributed by atoms with Crippen LogP contribution >= 0.6 is 24.0 Å². The normalized spacial score (nSPS) is 25.4. The van der Waals surface area contributed by atoms with E-state index in [4.69, 9.17) is 0 Å². The van der Waals surface area contributed by atoms with Crippen LogP contribution in [0.25, 0.3) is 0 Å². The van der Waals surface area contributed by atoms with Crippen LogP contribution in [0.3, 0.4) is 0 Å². The molecular formula is C18H35IN4. The van der Waals surface area contributed by atoms with Crippen LogP contribution in [0.5, 0.6) is 0 Å². The molecule has 0 aromatic carbocycles. The lowest BCUT2D eigenvalue weighted by atomic mass is 9.65. The predicted octanol–water partition coefficient (Wildman–Crippen LogP) is 3.22. The highest BCUT2D eigenvalue weighted by molar-refractivity contribution is 14.0. The fourth-order valence-electron chi connectivity index (χ4n) is 4.32. The van der Waals surface area contributed by atoms with Crippen LogP contribution in [-0.4, -0.2) is 50.1 Å². The molecule has 0 aromatic heterocycles. The fraction of sp³-hybridized carbons (Fsp3) is 0.944. The second-order valence-corrected chi connectivity index (χ2v) is 7.68. The zero-order chi connectivity index (χ0) is 15.4. The molecule has 0 aromatic rings. The summed E-state index contributed by atoms with van der Waals surface area (Å²) in [5.41, 5.74) is 0.613. The molecule has 2 aliphatic carbocycles. The minimum Gasteiger partial charge on any atom is -0.356 e. The lowest BCUT2D eigenvalue weighted by Crippen LogP contribution is -2.52. The first-order chi connectivity index (χ1) is 10.8. The predicted molar refractivity (Wildman–Crippen MR) is 109 cm³/mol. The molecule has 0 atom stereocenters. The van der Waals surface area contributed by atoms with Gasteiger partial charge in [0.2, 0.25) is 0 Å². The molecule has 1 aliphatic heterocycles. The standard InChI is InChI=1S/C18H34N4.HI/c1-3-11-22-12-7-16(8-13-22)21-17(19-2)20-14-18(9-4-10-18)15-5-6-15;/h15-16H,3-14H2,1-2H3,(H2,19,20,21);1H. The van der Waals surface area contributed by atoms with Gasteiger partial charge in [0.1, 0.15) is 0 Å². The van der Waals surface area contributed by atoms with E-state index in [1.165, 1.54) is 71.0 Å². The van der Waals surface area contributed by atoms with Crippen LogP contribution in [0, 0.1) is 11.3 Å². The molecule has 0 bridgehead atoms. The third-order valence-electron chi connectivity index (χ3n) is 6.09. The number of guanidine groups is 1. The molecule has 3 rings (SSSR count). The maximum absolute atomic E-state index is 4.46. The summed E-state index contributed by atoms with van der Waals surface area (Å²) in [4.78, 5) is 7.05. The molecule has 2 saturated carbocycles. The zero-order valence-corrected chi connectivity index (χ0v) is 17.3. The van der Waals surface area contributed by atoms with Crippen molar-refractivity contribution in [3.05, 3.63) is 0 Å². The first-order valence-corrected chi connectivity index (χ1v) is 9.45. The molecule has 0 spiro atoms. The number of piperidine rings is 1. The summed E-state index contributed by atoms with van der Waals surface area (Å²) in [5.74, 6) is 2.03. The SMILES string of the molecule is CCCN1CCC(NC(=NC)NCC2(C3CC3)CCC2)CC1.I. The first-order valence-electron chi connectivity index (χ1n) is 9.45. The Morgan fingerprint density at radius 1 is 1.17 bits per heavy atom. The summed E-state index contributed by atoms with van der Waals surface area (Å²) in [6, 6.07) is 0.595. The number of hydrogen-bond donors (Lipinski definition) is 2. The molecule has 2 N–H and O–H groups in total. The van der Waals surface area contributed by atoms with Gasteiger partial charge in [-0.2, -0.15) is 0 Å². The highest BCUT2D eigenvalue weighted by Gasteiger charge is 2.48. The van der Waals surface area contributed by atoms with Gasteiger partial charge in [0, 0.05) is 32.7 Å². The van der Waals surface area contributed by atoms with Crippen molar-refractivity contribution in [3.63, 3.8) is 0 Å². The van der Waals surface area contributed by atoms with Gasteiger partial charge < -0.3 is 15.5 Å². The molecule has 0 radical (unpaired) electrons. The van der Waals surface area contributed by atoms with Crippen molar-refractivity contribution in [2.75, 3.05) is 33.2 Å². The van der Waals surface area contributed by atoms with E-state index in [1.54, 1.807) is 0 Å². The molecule has 1 saturated heterocycles. The number of hydrogen-bond acceptors (Lipinski definition) is 2. The molecule has 0 unspecified atom stereocenters. The quantitative estimate of drug-likeness (QED) is 0.383. The summed E-state index contributed by atoms with van der Waals surface area (Å²) in [6.07, 6.45) is 11.0. The molecule has 3 aliphatic rings. The van der Waals surface area contributed by atoms with E-state index in [2.05, 4.69) is 27.4 Å². The van der Waals surface area contributed by atoms with Gasteiger partial charge >= 0.3 is 0 Å². The highest BCUT2D eigenvalue weighted by Crippen LogP contribution is 2.56. The van der Waals surface area contributed by atoms with E-state index in [1.807, 2.05) is 7.05 Å². The van der Waals surface area contributed by atoms with Crippen LogP contribution in [0.15, 0.2) is 4.99 Å². The van der Waals surface area contributed by atoms with Crippen LogP contribution in [-0.2, 0) is 0 Å². The van der Waals surface area contributed by atoms with Gasteiger partial charge in [0.15, 0.2) is 5.96 Å². The second kappa shape index (κ2) is 8.88. The summed E-state index contributed by atoms with van der Waals surface area (Å²) < 4.78 is 0. The lowest BCUT2D eigenvalue weighted by Gasteiger charge is -2.43. The maximum Gasteiger partial charge on any atom is 0.191 e. The van der Waals surface area contributed by atoms with E-state index in [0.717, 1.165) is 18.4 Å². The van der Waals surface area contributed by atoms with E-state index < -0.39 is 0 Å². The van der Waals surface area contributed by atoms with Gasteiger partial charge in [-0.05, 0) is 62.8 Å². The third kappa shape index (κ3) is 4.97. The summed E-state index contributed by atoms with van der Waals surface area (Å²) >= 11 is 0. The fourth-order valence-corrected chi connectivity index (χ4v) is 4.32. The average Bonchev–Trinajstić information content (AvgIpc) is 3.32. The minimum absolute atomic E-state index is 0. The molecule has 23 heavy (non-hydrogen) atoms. The molecule has 1 heterocycles. The van der Waals surface area contributed by atoms with Crippen molar-refractivity contribution in [2.24, 2.45) is 16.3 Å². The Labute approximate surface area is 159 Å². The molecule has 134 valence electrons. The molecule has 0 amide bonds. The van der Waals surface area contributed by atoms with E-state index in [-0.39, 0.29) is 24.0 Å². The molecule has 5 heteroatoms. The summed E-state index contributed by atoms with van der Waals surface area (Å²) in [6.45, 7) is 7.12.